The number of halogens is 1. The molecule has 39 heavy (non-hydrogen) atoms. The number of pyridine rings is 2. The summed E-state index contributed by atoms with van der Waals surface area (Å²) in [5.41, 5.74) is 3.81. The number of carbonyl (C=O) groups excluding carboxylic acids is 3. The Bertz CT molecular complexity index is 1580. The van der Waals surface area contributed by atoms with Gasteiger partial charge >= 0.3 is 0 Å². The molecule has 1 unspecified atom stereocenters. The van der Waals surface area contributed by atoms with Crippen LogP contribution in [0.5, 0.6) is 0 Å². The predicted octanol–water partition coefficient (Wildman–Crippen LogP) is 4.54. The van der Waals surface area contributed by atoms with Gasteiger partial charge in [0.25, 0.3) is 11.8 Å². The molecule has 0 spiro atoms. The lowest BCUT2D eigenvalue weighted by atomic mass is 10.0. The number of hydrogen-bond donors (Lipinski definition) is 1. The molecule has 0 saturated carbocycles. The van der Waals surface area contributed by atoms with Gasteiger partial charge in [0.2, 0.25) is 5.91 Å². The zero-order valence-electron chi connectivity index (χ0n) is 20.9. The number of carbonyl (C=O) groups is 3. The maximum atomic E-state index is 13.8. The average Bonchev–Trinajstić information content (AvgIpc) is 3.36. The highest BCUT2D eigenvalue weighted by molar-refractivity contribution is 6.31. The van der Waals surface area contributed by atoms with E-state index in [1.165, 1.54) is 0 Å². The summed E-state index contributed by atoms with van der Waals surface area (Å²) in [4.78, 5) is 52.4. The smallest absolute Gasteiger partial charge is 0.259 e. The summed E-state index contributed by atoms with van der Waals surface area (Å²) in [6.45, 7) is 0.761. The largest absolute Gasteiger partial charge is 0.323 e. The number of rotatable bonds is 5. The fraction of sp³-hybridized carbons (Fsp3) is 0.167. The van der Waals surface area contributed by atoms with Crippen molar-refractivity contribution in [3.63, 3.8) is 0 Å². The van der Waals surface area contributed by atoms with Crippen molar-refractivity contribution in [2.24, 2.45) is 0 Å². The molecule has 6 rings (SSSR count). The van der Waals surface area contributed by atoms with Gasteiger partial charge in [0, 0.05) is 48.2 Å². The summed E-state index contributed by atoms with van der Waals surface area (Å²) in [5.74, 6) is -0.0326. The van der Waals surface area contributed by atoms with Crippen LogP contribution in [-0.2, 0) is 24.2 Å². The number of aromatic nitrogens is 2. The molecule has 8 nitrogen and oxygen atoms in total. The Hall–Kier alpha value is -4.56. The number of nitrogens with one attached hydrogen (secondary N) is 1. The van der Waals surface area contributed by atoms with Crippen LogP contribution in [0.4, 0.5) is 11.5 Å². The van der Waals surface area contributed by atoms with Gasteiger partial charge in [-0.2, -0.15) is 0 Å². The second kappa shape index (κ2) is 10.3. The summed E-state index contributed by atoms with van der Waals surface area (Å²) in [6, 6.07) is 20.5. The highest BCUT2D eigenvalue weighted by Crippen LogP contribution is 2.29. The molecule has 194 valence electrons. The van der Waals surface area contributed by atoms with E-state index in [2.05, 4.69) is 15.3 Å². The first-order chi connectivity index (χ1) is 19.0. The normalized spacial score (nSPS) is 16.4. The highest BCUT2D eigenvalue weighted by Gasteiger charge is 2.36. The zero-order valence-corrected chi connectivity index (χ0v) is 21.6. The van der Waals surface area contributed by atoms with Crippen molar-refractivity contribution in [2.45, 2.75) is 25.4 Å². The number of anilines is 2. The Labute approximate surface area is 230 Å². The standard InChI is InChI=1S/C30H24ClN5O3/c31-22-10-11-24-25(16-22)34-28(37)26(17-23-5-1-2-13-32-23)36(30(24)39)18-19-6-8-21(9-7-19)29(38)35-15-12-20-4-3-14-33-27(20)35/h1-11,13-14,16,26H,12,15,17-18H2,(H,34,37). The second-order valence-electron chi connectivity index (χ2n) is 9.54. The van der Waals surface area contributed by atoms with Gasteiger partial charge in [-0.1, -0.05) is 35.9 Å². The quantitative estimate of drug-likeness (QED) is 0.403. The van der Waals surface area contributed by atoms with Crippen LogP contribution in [-0.4, -0.2) is 45.2 Å². The summed E-state index contributed by atoms with van der Waals surface area (Å²) < 4.78 is 0. The van der Waals surface area contributed by atoms with Gasteiger partial charge in [0.1, 0.15) is 11.9 Å². The van der Waals surface area contributed by atoms with Crippen LogP contribution in [0.15, 0.2) is 85.2 Å². The third-order valence-corrected chi connectivity index (χ3v) is 7.30. The molecular weight excluding hydrogens is 514 g/mol. The van der Waals surface area contributed by atoms with E-state index < -0.39 is 6.04 Å². The van der Waals surface area contributed by atoms with Crippen LogP contribution in [0.2, 0.25) is 5.02 Å². The van der Waals surface area contributed by atoms with Gasteiger partial charge in [0.15, 0.2) is 0 Å². The molecule has 0 saturated heterocycles. The maximum absolute atomic E-state index is 13.8. The fourth-order valence-electron chi connectivity index (χ4n) is 5.07. The van der Waals surface area contributed by atoms with Crippen LogP contribution < -0.4 is 10.2 Å². The molecule has 9 heteroatoms. The molecule has 0 aliphatic carbocycles. The zero-order chi connectivity index (χ0) is 26.9. The molecule has 3 amide bonds. The van der Waals surface area contributed by atoms with Crippen molar-refractivity contribution in [1.29, 1.82) is 0 Å². The highest BCUT2D eigenvalue weighted by atomic mass is 35.5. The lowest BCUT2D eigenvalue weighted by Crippen LogP contribution is -2.46. The number of hydrogen-bond acceptors (Lipinski definition) is 5. The molecule has 2 aromatic heterocycles. The Morgan fingerprint density at radius 3 is 2.59 bits per heavy atom. The van der Waals surface area contributed by atoms with E-state index in [0.717, 1.165) is 17.5 Å². The Kier molecular flexibility index (Phi) is 6.54. The van der Waals surface area contributed by atoms with Gasteiger partial charge in [-0.05, 0) is 66.1 Å². The minimum Gasteiger partial charge on any atom is -0.323 e. The van der Waals surface area contributed by atoms with Crippen molar-refractivity contribution < 1.29 is 14.4 Å². The minimum atomic E-state index is -0.799. The second-order valence-corrected chi connectivity index (χ2v) is 9.98. The van der Waals surface area contributed by atoms with Crippen LogP contribution in [0.1, 0.15) is 37.5 Å². The van der Waals surface area contributed by atoms with E-state index >= 15 is 0 Å². The number of fused-ring (bicyclic) bond motifs is 2. The number of nitrogens with zero attached hydrogens (tertiary/aromatic N) is 4. The SMILES string of the molecule is O=C1Nc2cc(Cl)ccc2C(=O)N(Cc2ccc(C(=O)N3CCc4cccnc43)cc2)C1Cc1ccccn1. The van der Waals surface area contributed by atoms with Crippen LogP contribution in [0, 0.1) is 0 Å². The number of benzene rings is 2. The molecule has 2 aliphatic heterocycles. The molecule has 4 heterocycles. The van der Waals surface area contributed by atoms with Crippen molar-refractivity contribution in [3.8, 4) is 0 Å². The average molecular weight is 538 g/mol. The summed E-state index contributed by atoms with van der Waals surface area (Å²) in [6.07, 6.45) is 4.37. The molecule has 1 atom stereocenters. The van der Waals surface area contributed by atoms with E-state index in [0.29, 0.717) is 39.9 Å². The first-order valence-electron chi connectivity index (χ1n) is 12.6. The van der Waals surface area contributed by atoms with Gasteiger partial charge in [0.05, 0.1) is 11.3 Å². The summed E-state index contributed by atoms with van der Waals surface area (Å²) in [7, 11) is 0. The lowest BCUT2D eigenvalue weighted by Gasteiger charge is -2.29. The minimum absolute atomic E-state index is 0.122. The van der Waals surface area contributed by atoms with Crippen molar-refractivity contribution >= 4 is 40.8 Å². The van der Waals surface area contributed by atoms with Crippen molar-refractivity contribution in [1.82, 2.24) is 14.9 Å². The Balaban J connectivity index is 1.28. The first kappa shape index (κ1) is 24.8. The van der Waals surface area contributed by atoms with E-state index in [1.807, 2.05) is 36.4 Å². The van der Waals surface area contributed by atoms with Gasteiger partial charge in [-0.15, -0.1) is 0 Å². The van der Waals surface area contributed by atoms with E-state index in [-0.39, 0.29) is 30.7 Å². The lowest BCUT2D eigenvalue weighted by molar-refractivity contribution is -0.120. The molecule has 2 aromatic carbocycles. The first-order valence-corrected chi connectivity index (χ1v) is 13.0. The fourth-order valence-corrected chi connectivity index (χ4v) is 5.24. The molecule has 4 aromatic rings. The maximum Gasteiger partial charge on any atom is 0.259 e. The topological polar surface area (TPSA) is 95.5 Å². The molecular formula is C30H24ClN5O3. The third-order valence-electron chi connectivity index (χ3n) is 7.07. The van der Waals surface area contributed by atoms with Crippen LogP contribution in [0.25, 0.3) is 0 Å². The van der Waals surface area contributed by atoms with Crippen molar-refractivity contribution in [3.05, 3.63) is 118 Å². The Morgan fingerprint density at radius 2 is 1.79 bits per heavy atom. The van der Waals surface area contributed by atoms with Gasteiger partial charge in [-0.3, -0.25) is 24.3 Å². The molecule has 0 fully saturated rings. The summed E-state index contributed by atoms with van der Waals surface area (Å²) in [5, 5.41) is 3.30. The monoisotopic (exact) mass is 537 g/mol. The molecule has 1 N–H and O–H groups in total. The van der Waals surface area contributed by atoms with E-state index in [9.17, 15) is 14.4 Å². The molecule has 2 aliphatic rings. The summed E-state index contributed by atoms with van der Waals surface area (Å²) >= 11 is 6.15. The number of amides is 3. The van der Waals surface area contributed by atoms with Crippen molar-refractivity contribution in [2.75, 3.05) is 16.8 Å². The van der Waals surface area contributed by atoms with Crippen LogP contribution in [0.3, 0.4) is 0 Å². The van der Waals surface area contributed by atoms with Crippen LogP contribution >= 0.6 is 11.6 Å². The van der Waals surface area contributed by atoms with E-state index in [1.54, 1.807) is 58.6 Å². The Morgan fingerprint density at radius 1 is 0.974 bits per heavy atom. The third kappa shape index (κ3) is 4.86. The molecule has 0 radical (unpaired) electrons. The molecule has 0 bridgehead atoms. The predicted molar refractivity (Wildman–Crippen MR) is 148 cm³/mol. The van der Waals surface area contributed by atoms with Gasteiger partial charge < -0.3 is 10.2 Å². The van der Waals surface area contributed by atoms with Gasteiger partial charge in [-0.25, -0.2) is 4.98 Å². The van der Waals surface area contributed by atoms with E-state index in [4.69, 9.17) is 11.6 Å².